The number of aliphatic hydroxyl groups excluding tert-OH is 1. The van der Waals surface area contributed by atoms with Gasteiger partial charge in [0.05, 0.1) is 6.10 Å². The lowest BCUT2D eigenvalue weighted by Gasteiger charge is -2.28. The number of carbonyl (C=O) groups excluding carboxylic acids is 1. The third kappa shape index (κ3) is 3.29. The van der Waals surface area contributed by atoms with Crippen LogP contribution in [0.2, 0.25) is 0 Å². The van der Waals surface area contributed by atoms with E-state index in [4.69, 9.17) is 4.74 Å². The van der Waals surface area contributed by atoms with Gasteiger partial charge in [-0.3, -0.25) is 9.78 Å². The third-order valence-corrected chi connectivity index (χ3v) is 5.14. The Morgan fingerprint density at radius 3 is 2.85 bits per heavy atom. The van der Waals surface area contributed by atoms with Crippen LogP contribution in [0, 0.1) is 6.92 Å². The monoisotopic (exact) mass is 353 g/mol. The molecule has 1 saturated carbocycles. The molecular formula is C20H23N3O3. The Hall–Kier alpha value is -2.47. The first-order valence-electron chi connectivity index (χ1n) is 9.15. The first-order chi connectivity index (χ1) is 12.6. The third-order valence-electron chi connectivity index (χ3n) is 5.14. The Bertz CT molecular complexity index is 806. The quantitative estimate of drug-likeness (QED) is 0.914. The molecule has 0 radical (unpaired) electrons. The summed E-state index contributed by atoms with van der Waals surface area (Å²) in [5.74, 6) is 0.275. The number of aromatic nitrogens is 2. The second-order valence-corrected chi connectivity index (χ2v) is 7.13. The number of nitrogens with zero attached hydrogens (tertiary/aromatic N) is 3. The minimum absolute atomic E-state index is 0.0750. The molecule has 0 saturated heterocycles. The molecule has 2 aliphatic rings. The van der Waals surface area contributed by atoms with Crippen LogP contribution < -0.4 is 4.74 Å². The maximum Gasteiger partial charge on any atom is 0.260 e. The normalized spacial score (nSPS) is 22.4. The molecule has 1 aliphatic carbocycles. The number of aliphatic hydroxyl groups is 1. The van der Waals surface area contributed by atoms with Gasteiger partial charge in [0.25, 0.3) is 5.91 Å². The molecule has 3 heterocycles. The molecule has 1 N–H and O–H groups in total. The Morgan fingerprint density at radius 2 is 2.08 bits per heavy atom. The lowest BCUT2D eigenvalue weighted by molar-refractivity contribution is 0.00397. The van der Waals surface area contributed by atoms with Crippen molar-refractivity contribution in [1.29, 1.82) is 0 Å². The van der Waals surface area contributed by atoms with Gasteiger partial charge in [-0.05, 0) is 49.4 Å². The van der Waals surface area contributed by atoms with Crippen LogP contribution in [0.3, 0.4) is 0 Å². The van der Waals surface area contributed by atoms with Gasteiger partial charge in [-0.1, -0.05) is 12.5 Å². The predicted molar refractivity (Wildman–Crippen MR) is 95.7 cm³/mol. The van der Waals surface area contributed by atoms with Crippen molar-refractivity contribution in [3.63, 3.8) is 0 Å². The SMILES string of the molecule is Cc1ccc(CN2Cc3ccnc(O[C@H]4CCCC[C@@H]4O)c3C2=O)cn1. The predicted octanol–water partition coefficient (Wildman–Crippen LogP) is 2.62. The highest BCUT2D eigenvalue weighted by Crippen LogP contribution is 2.32. The van der Waals surface area contributed by atoms with E-state index in [1.807, 2.05) is 25.1 Å². The summed E-state index contributed by atoms with van der Waals surface area (Å²) in [4.78, 5) is 23.3. The number of hydrogen-bond acceptors (Lipinski definition) is 5. The molecule has 6 heteroatoms. The molecule has 0 aromatic carbocycles. The standard InChI is InChI=1S/C20H23N3O3/c1-13-6-7-14(10-22-13)11-23-12-15-8-9-21-19(18(15)20(23)25)26-17-5-3-2-4-16(17)24/h6-10,16-17,24H,2-5,11-12H2,1H3/t16-,17-/m0/s1. The molecule has 26 heavy (non-hydrogen) atoms. The zero-order chi connectivity index (χ0) is 18.1. The molecule has 2 aromatic heterocycles. The van der Waals surface area contributed by atoms with Crippen LogP contribution in [0.15, 0.2) is 30.6 Å². The second kappa shape index (κ2) is 7.03. The van der Waals surface area contributed by atoms with E-state index in [-0.39, 0.29) is 12.0 Å². The summed E-state index contributed by atoms with van der Waals surface area (Å²) in [7, 11) is 0. The van der Waals surface area contributed by atoms with Crippen LogP contribution in [-0.4, -0.2) is 38.1 Å². The van der Waals surface area contributed by atoms with Crippen molar-refractivity contribution in [1.82, 2.24) is 14.9 Å². The Balaban J connectivity index is 1.53. The highest BCUT2D eigenvalue weighted by atomic mass is 16.5. The molecule has 4 rings (SSSR count). The van der Waals surface area contributed by atoms with Crippen LogP contribution in [-0.2, 0) is 13.1 Å². The van der Waals surface area contributed by atoms with Crippen LogP contribution >= 0.6 is 0 Å². The van der Waals surface area contributed by atoms with Crippen molar-refractivity contribution < 1.29 is 14.6 Å². The number of pyridine rings is 2. The minimum atomic E-state index is -0.493. The largest absolute Gasteiger partial charge is 0.471 e. The number of carbonyl (C=O) groups is 1. The summed E-state index contributed by atoms with van der Waals surface area (Å²) >= 11 is 0. The van der Waals surface area contributed by atoms with Crippen molar-refractivity contribution in [3.8, 4) is 5.88 Å². The average molecular weight is 353 g/mol. The molecule has 1 amide bonds. The van der Waals surface area contributed by atoms with Gasteiger partial charge < -0.3 is 14.7 Å². The number of amides is 1. The molecular weight excluding hydrogens is 330 g/mol. The van der Waals surface area contributed by atoms with Gasteiger partial charge in [0.15, 0.2) is 0 Å². The van der Waals surface area contributed by atoms with E-state index in [0.717, 1.165) is 42.5 Å². The molecule has 1 aliphatic heterocycles. The number of ether oxygens (including phenoxy) is 1. The smallest absolute Gasteiger partial charge is 0.260 e. The van der Waals surface area contributed by atoms with Gasteiger partial charge in [0, 0.05) is 31.2 Å². The topological polar surface area (TPSA) is 75.6 Å². The Kier molecular flexibility index (Phi) is 4.59. The summed E-state index contributed by atoms with van der Waals surface area (Å²) in [5, 5.41) is 10.2. The highest BCUT2D eigenvalue weighted by Gasteiger charge is 2.34. The van der Waals surface area contributed by atoms with Gasteiger partial charge in [-0.15, -0.1) is 0 Å². The summed E-state index contributed by atoms with van der Waals surface area (Å²) in [6.07, 6.45) is 6.27. The van der Waals surface area contributed by atoms with E-state index >= 15 is 0 Å². The number of hydrogen-bond donors (Lipinski definition) is 1. The van der Waals surface area contributed by atoms with Crippen LogP contribution in [0.25, 0.3) is 0 Å². The number of fused-ring (bicyclic) bond motifs is 1. The summed E-state index contributed by atoms with van der Waals surface area (Å²) in [5.41, 5.74) is 3.40. The first-order valence-corrected chi connectivity index (χ1v) is 9.15. The van der Waals surface area contributed by atoms with E-state index in [2.05, 4.69) is 9.97 Å². The zero-order valence-electron chi connectivity index (χ0n) is 14.9. The second-order valence-electron chi connectivity index (χ2n) is 7.13. The van der Waals surface area contributed by atoms with Crippen molar-refractivity contribution >= 4 is 5.91 Å². The van der Waals surface area contributed by atoms with Crippen molar-refractivity contribution in [2.75, 3.05) is 0 Å². The van der Waals surface area contributed by atoms with Crippen LogP contribution in [0.4, 0.5) is 0 Å². The number of aryl methyl sites for hydroxylation is 1. The molecule has 0 bridgehead atoms. The van der Waals surface area contributed by atoms with Crippen LogP contribution in [0.5, 0.6) is 5.88 Å². The van der Waals surface area contributed by atoms with E-state index in [1.165, 1.54) is 0 Å². The fourth-order valence-corrected chi connectivity index (χ4v) is 3.66. The van der Waals surface area contributed by atoms with Crippen molar-refractivity contribution in [2.24, 2.45) is 0 Å². The Labute approximate surface area is 152 Å². The van der Waals surface area contributed by atoms with Gasteiger partial charge in [0.2, 0.25) is 5.88 Å². The lowest BCUT2D eigenvalue weighted by atomic mass is 9.95. The maximum atomic E-state index is 12.9. The summed E-state index contributed by atoms with van der Waals surface area (Å²) < 4.78 is 5.97. The number of rotatable bonds is 4. The molecule has 0 unspecified atom stereocenters. The van der Waals surface area contributed by atoms with E-state index in [0.29, 0.717) is 24.5 Å². The fourth-order valence-electron chi connectivity index (χ4n) is 3.66. The van der Waals surface area contributed by atoms with Crippen molar-refractivity contribution in [3.05, 3.63) is 53.0 Å². The molecule has 6 nitrogen and oxygen atoms in total. The zero-order valence-corrected chi connectivity index (χ0v) is 14.9. The summed E-state index contributed by atoms with van der Waals surface area (Å²) in [6, 6.07) is 5.81. The van der Waals surface area contributed by atoms with Gasteiger partial charge in [0.1, 0.15) is 11.7 Å². The Morgan fingerprint density at radius 1 is 1.23 bits per heavy atom. The fraction of sp³-hybridized carbons (Fsp3) is 0.450. The molecule has 1 fully saturated rings. The molecule has 0 spiro atoms. The van der Waals surface area contributed by atoms with Crippen molar-refractivity contribution in [2.45, 2.75) is 57.9 Å². The van der Waals surface area contributed by atoms with E-state index in [1.54, 1.807) is 17.3 Å². The molecule has 136 valence electrons. The summed E-state index contributed by atoms with van der Waals surface area (Å²) in [6.45, 7) is 2.98. The molecule has 2 atom stereocenters. The first kappa shape index (κ1) is 17.0. The molecule has 2 aromatic rings. The highest BCUT2D eigenvalue weighted by molar-refractivity contribution is 6.00. The lowest BCUT2D eigenvalue weighted by Crippen LogP contribution is -2.35. The maximum absolute atomic E-state index is 12.9. The van der Waals surface area contributed by atoms with E-state index in [9.17, 15) is 9.90 Å². The van der Waals surface area contributed by atoms with Gasteiger partial charge in [-0.25, -0.2) is 4.98 Å². The van der Waals surface area contributed by atoms with E-state index < -0.39 is 6.10 Å². The van der Waals surface area contributed by atoms with Gasteiger partial charge >= 0.3 is 0 Å². The minimum Gasteiger partial charge on any atom is -0.471 e. The van der Waals surface area contributed by atoms with Gasteiger partial charge in [-0.2, -0.15) is 0 Å². The average Bonchev–Trinajstić information content (AvgIpc) is 2.96. The van der Waals surface area contributed by atoms with Crippen LogP contribution in [0.1, 0.15) is 52.9 Å².